The molecule has 0 amide bonds. The monoisotopic (exact) mass is 231 g/mol. The minimum absolute atomic E-state index is 0.512. The van der Waals surface area contributed by atoms with E-state index in [1.165, 1.54) is 0 Å². The lowest BCUT2D eigenvalue weighted by Crippen LogP contribution is -2.01. The van der Waals surface area contributed by atoms with Gasteiger partial charge in [0.25, 0.3) is 0 Å². The topological polar surface area (TPSA) is 20.2 Å². The smallest absolute Gasteiger partial charge is 0.0836 e. The summed E-state index contributed by atoms with van der Waals surface area (Å²) in [5, 5.41) is 10.7. The molecule has 0 aliphatic heterocycles. The van der Waals surface area contributed by atoms with Gasteiger partial charge in [0.2, 0.25) is 0 Å². The molecular formula is C14H12ClO. The van der Waals surface area contributed by atoms with Crippen molar-refractivity contribution in [2.24, 2.45) is 0 Å². The molecule has 0 saturated heterocycles. The summed E-state index contributed by atoms with van der Waals surface area (Å²) in [6, 6.07) is 18.0. The summed E-state index contributed by atoms with van der Waals surface area (Å²) in [4.78, 5) is 0. The molecule has 2 heteroatoms. The molecule has 1 atom stereocenters. The second kappa shape index (κ2) is 5.15. The van der Waals surface area contributed by atoms with Crippen molar-refractivity contribution in [3.05, 3.63) is 70.7 Å². The quantitative estimate of drug-likeness (QED) is 0.858. The molecular weight excluding hydrogens is 220 g/mol. The van der Waals surface area contributed by atoms with E-state index >= 15 is 0 Å². The Morgan fingerprint density at radius 3 is 2.50 bits per heavy atom. The molecule has 0 heterocycles. The molecule has 1 nitrogen and oxygen atoms in total. The van der Waals surface area contributed by atoms with Gasteiger partial charge in [-0.2, -0.15) is 0 Å². The summed E-state index contributed by atoms with van der Waals surface area (Å²) in [5.41, 5.74) is 1.88. The van der Waals surface area contributed by atoms with E-state index in [4.69, 9.17) is 11.6 Å². The molecule has 0 aliphatic rings. The number of hydrogen-bond donors (Lipinski definition) is 1. The van der Waals surface area contributed by atoms with Gasteiger partial charge in [-0.15, -0.1) is 0 Å². The van der Waals surface area contributed by atoms with Crippen molar-refractivity contribution in [2.45, 2.75) is 12.5 Å². The molecule has 81 valence electrons. The number of hydrogen-bond acceptors (Lipinski definition) is 1. The van der Waals surface area contributed by atoms with Gasteiger partial charge in [-0.05, 0) is 29.3 Å². The van der Waals surface area contributed by atoms with Crippen LogP contribution in [0.15, 0.2) is 48.5 Å². The van der Waals surface area contributed by atoms with Crippen LogP contribution in [0.4, 0.5) is 0 Å². The predicted octanol–water partition coefficient (Wildman–Crippen LogP) is 3.42. The Hall–Kier alpha value is -1.31. The van der Waals surface area contributed by atoms with Crippen LogP contribution in [-0.4, -0.2) is 5.11 Å². The molecule has 1 unspecified atom stereocenters. The summed E-state index contributed by atoms with van der Waals surface area (Å²) in [5.74, 6) is 0. The van der Waals surface area contributed by atoms with Crippen LogP contribution in [-0.2, 0) is 6.42 Å². The van der Waals surface area contributed by atoms with Crippen LogP contribution in [0.25, 0.3) is 0 Å². The van der Waals surface area contributed by atoms with Gasteiger partial charge in [-0.1, -0.05) is 48.0 Å². The van der Waals surface area contributed by atoms with Crippen LogP contribution in [0.2, 0.25) is 5.02 Å². The summed E-state index contributed by atoms with van der Waals surface area (Å²) in [6.07, 6.45) is 0.0693. The van der Waals surface area contributed by atoms with Gasteiger partial charge < -0.3 is 5.11 Å². The highest BCUT2D eigenvalue weighted by Crippen LogP contribution is 2.18. The Kier molecular flexibility index (Phi) is 3.60. The van der Waals surface area contributed by atoms with E-state index in [1.807, 2.05) is 42.5 Å². The molecule has 2 aromatic rings. The first kappa shape index (κ1) is 11.2. The molecule has 16 heavy (non-hydrogen) atoms. The Morgan fingerprint density at radius 1 is 1.12 bits per heavy atom. The summed E-state index contributed by atoms with van der Waals surface area (Å²) < 4.78 is 0. The SMILES string of the molecule is OC(Cc1ccc(Cl)cc1)c1[c]cccc1. The third kappa shape index (κ3) is 2.84. The van der Waals surface area contributed by atoms with Gasteiger partial charge in [0.15, 0.2) is 0 Å². The lowest BCUT2D eigenvalue weighted by molar-refractivity contribution is 0.178. The number of rotatable bonds is 3. The first-order valence-corrected chi connectivity index (χ1v) is 5.52. The standard InChI is InChI=1S/C14H12ClO/c15-13-8-6-11(7-9-13)10-14(16)12-4-2-1-3-5-12/h1-4,6-9,14,16H,10H2. The lowest BCUT2D eigenvalue weighted by atomic mass is 10.0. The van der Waals surface area contributed by atoms with E-state index in [-0.39, 0.29) is 0 Å². The number of benzene rings is 2. The fraction of sp³-hybridized carbons (Fsp3) is 0.143. The van der Waals surface area contributed by atoms with Crippen molar-refractivity contribution in [1.29, 1.82) is 0 Å². The molecule has 1 N–H and O–H groups in total. The first-order chi connectivity index (χ1) is 7.75. The van der Waals surface area contributed by atoms with Gasteiger partial charge >= 0.3 is 0 Å². The summed E-state index contributed by atoms with van der Waals surface area (Å²) >= 11 is 5.80. The molecule has 0 aromatic heterocycles. The normalized spacial score (nSPS) is 12.4. The maximum Gasteiger partial charge on any atom is 0.0836 e. The molecule has 1 radical (unpaired) electrons. The van der Waals surface area contributed by atoms with E-state index in [2.05, 4.69) is 6.07 Å². The van der Waals surface area contributed by atoms with Gasteiger partial charge in [-0.25, -0.2) is 0 Å². The van der Waals surface area contributed by atoms with Crippen LogP contribution >= 0.6 is 11.6 Å². The van der Waals surface area contributed by atoms with Crippen molar-refractivity contribution in [1.82, 2.24) is 0 Å². The van der Waals surface area contributed by atoms with Crippen molar-refractivity contribution in [3.8, 4) is 0 Å². The van der Waals surface area contributed by atoms with Crippen LogP contribution in [0.3, 0.4) is 0 Å². The van der Waals surface area contributed by atoms with Crippen LogP contribution < -0.4 is 0 Å². The Labute approximate surface area is 100 Å². The van der Waals surface area contributed by atoms with E-state index < -0.39 is 6.10 Å². The zero-order chi connectivity index (χ0) is 11.4. The second-order valence-corrected chi connectivity index (χ2v) is 4.10. The van der Waals surface area contributed by atoms with Gasteiger partial charge in [0.05, 0.1) is 6.10 Å². The van der Waals surface area contributed by atoms with Gasteiger partial charge in [0.1, 0.15) is 0 Å². The van der Waals surface area contributed by atoms with Gasteiger partial charge in [0, 0.05) is 11.4 Å². The Bertz CT molecular complexity index is 436. The van der Waals surface area contributed by atoms with E-state index in [1.54, 1.807) is 6.07 Å². The zero-order valence-corrected chi connectivity index (χ0v) is 9.48. The minimum Gasteiger partial charge on any atom is -0.388 e. The number of aliphatic hydroxyl groups is 1. The Morgan fingerprint density at radius 2 is 1.88 bits per heavy atom. The van der Waals surface area contributed by atoms with Crippen molar-refractivity contribution < 1.29 is 5.11 Å². The van der Waals surface area contributed by atoms with Crippen LogP contribution in [0.5, 0.6) is 0 Å². The summed E-state index contributed by atoms with van der Waals surface area (Å²) in [7, 11) is 0. The van der Waals surface area contributed by atoms with Crippen molar-refractivity contribution in [2.75, 3.05) is 0 Å². The average molecular weight is 232 g/mol. The second-order valence-electron chi connectivity index (χ2n) is 3.66. The maximum atomic E-state index is 9.98. The molecule has 2 aromatic carbocycles. The number of aliphatic hydroxyl groups excluding tert-OH is 1. The highest BCUT2D eigenvalue weighted by atomic mass is 35.5. The largest absolute Gasteiger partial charge is 0.388 e. The van der Waals surface area contributed by atoms with Crippen molar-refractivity contribution in [3.63, 3.8) is 0 Å². The fourth-order valence-corrected chi connectivity index (χ4v) is 1.69. The number of halogens is 1. The minimum atomic E-state index is -0.512. The van der Waals surface area contributed by atoms with Crippen molar-refractivity contribution >= 4 is 11.6 Å². The highest BCUT2D eigenvalue weighted by molar-refractivity contribution is 6.30. The maximum absolute atomic E-state index is 9.98. The van der Waals surface area contributed by atoms with Gasteiger partial charge in [-0.3, -0.25) is 0 Å². The average Bonchev–Trinajstić information content (AvgIpc) is 2.33. The zero-order valence-electron chi connectivity index (χ0n) is 8.73. The first-order valence-electron chi connectivity index (χ1n) is 5.15. The van der Waals surface area contributed by atoms with Crippen LogP contribution in [0, 0.1) is 6.07 Å². The molecule has 2 rings (SSSR count). The third-order valence-corrected chi connectivity index (χ3v) is 2.69. The molecule has 0 saturated carbocycles. The van der Waals surface area contributed by atoms with Crippen LogP contribution in [0.1, 0.15) is 17.2 Å². The molecule has 0 fully saturated rings. The van der Waals surface area contributed by atoms with E-state index in [0.29, 0.717) is 11.4 Å². The highest BCUT2D eigenvalue weighted by Gasteiger charge is 2.07. The molecule has 0 spiro atoms. The predicted molar refractivity (Wildman–Crippen MR) is 65.4 cm³/mol. The fourth-order valence-electron chi connectivity index (χ4n) is 1.57. The Balaban J connectivity index is 2.08. The molecule has 0 bridgehead atoms. The summed E-state index contributed by atoms with van der Waals surface area (Å²) in [6.45, 7) is 0. The molecule has 0 aliphatic carbocycles. The van der Waals surface area contributed by atoms with E-state index in [9.17, 15) is 5.11 Å². The lowest BCUT2D eigenvalue weighted by Gasteiger charge is -2.10. The van der Waals surface area contributed by atoms with E-state index in [0.717, 1.165) is 11.1 Å². The third-order valence-electron chi connectivity index (χ3n) is 2.43.